The summed E-state index contributed by atoms with van der Waals surface area (Å²) in [5, 5.41) is 8.76. The standard InChI is InChI=1S/C18H24N2O/c19-14-15-6-8-17(9-7-15)21-13-3-11-20-12-10-16-4-1-2-5-18(16)20/h6-9,16,18H,1-5,10-13H2. The third-order valence-electron chi connectivity index (χ3n) is 4.97. The van der Waals surface area contributed by atoms with E-state index in [-0.39, 0.29) is 0 Å². The molecule has 2 aliphatic rings. The molecule has 112 valence electrons. The lowest BCUT2D eigenvalue weighted by Gasteiger charge is -2.31. The van der Waals surface area contributed by atoms with Crippen molar-refractivity contribution in [2.24, 2.45) is 5.92 Å². The second kappa shape index (κ2) is 6.95. The molecule has 3 nitrogen and oxygen atoms in total. The minimum absolute atomic E-state index is 0.683. The highest BCUT2D eigenvalue weighted by atomic mass is 16.5. The first-order valence-corrected chi connectivity index (χ1v) is 8.24. The molecule has 0 radical (unpaired) electrons. The molecule has 1 aliphatic heterocycles. The third-order valence-corrected chi connectivity index (χ3v) is 4.97. The highest BCUT2D eigenvalue weighted by Gasteiger charge is 2.34. The smallest absolute Gasteiger partial charge is 0.119 e. The number of nitrogens with zero attached hydrogens (tertiary/aromatic N) is 2. The van der Waals surface area contributed by atoms with E-state index in [9.17, 15) is 0 Å². The molecule has 0 N–H and O–H groups in total. The summed E-state index contributed by atoms with van der Waals surface area (Å²) in [7, 11) is 0. The molecule has 21 heavy (non-hydrogen) atoms. The molecular weight excluding hydrogens is 260 g/mol. The van der Waals surface area contributed by atoms with E-state index in [1.165, 1.54) is 38.6 Å². The molecule has 1 saturated carbocycles. The lowest BCUT2D eigenvalue weighted by Crippen LogP contribution is -2.35. The van der Waals surface area contributed by atoms with E-state index < -0.39 is 0 Å². The number of nitriles is 1. The molecule has 2 unspecified atom stereocenters. The first-order chi connectivity index (χ1) is 10.4. The van der Waals surface area contributed by atoms with Gasteiger partial charge in [-0.05, 0) is 62.4 Å². The second-order valence-corrected chi connectivity index (χ2v) is 6.27. The van der Waals surface area contributed by atoms with Gasteiger partial charge in [0.25, 0.3) is 0 Å². The summed E-state index contributed by atoms with van der Waals surface area (Å²) in [6.45, 7) is 3.21. The number of fused-ring (bicyclic) bond motifs is 1. The van der Waals surface area contributed by atoms with Gasteiger partial charge in [-0.1, -0.05) is 12.8 Å². The molecular formula is C18H24N2O. The molecule has 1 aromatic rings. The zero-order valence-electron chi connectivity index (χ0n) is 12.6. The van der Waals surface area contributed by atoms with Gasteiger partial charge in [0.15, 0.2) is 0 Å². The number of benzene rings is 1. The normalized spacial score (nSPS) is 25.3. The van der Waals surface area contributed by atoms with E-state index in [1.807, 2.05) is 24.3 Å². The first-order valence-electron chi connectivity index (χ1n) is 8.24. The van der Waals surface area contributed by atoms with Crippen LogP contribution in [0.25, 0.3) is 0 Å². The monoisotopic (exact) mass is 284 g/mol. The van der Waals surface area contributed by atoms with Crippen molar-refractivity contribution in [3.05, 3.63) is 29.8 Å². The van der Waals surface area contributed by atoms with Crippen molar-refractivity contribution in [3.8, 4) is 11.8 Å². The van der Waals surface area contributed by atoms with Gasteiger partial charge < -0.3 is 4.74 Å². The van der Waals surface area contributed by atoms with Gasteiger partial charge in [-0.25, -0.2) is 0 Å². The second-order valence-electron chi connectivity index (χ2n) is 6.27. The molecule has 0 spiro atoms. The Labute approximate surface area is 127 Å². The van der Waals surface area contributed by atoms with Crippen molar-refractivity contribution in [3.63, 3.8) is 0 Å². The van der Waals surface area contributed by atoms with Crippen molar-refractivity contribution in [2.75, 3.05) is 19.7 Å². The number of rotatable bonds is 5. The summed E-state index contributed by atoms with van der Waals surface area (Å²) >= 11 is 0. The van der Waals surface area contributed by atoms with Crippen LogP contribution in [0.3, 0.4) is 0 Å². The van der Waals surface area contributed by atoms with Gasteiger partial charge in [0.1, 0.15) is 5.75 Å². The average Bonchev–Trinajstić information content (AvgIpc) is 2.95. The molecule has 0 bridgehead atoms. The quantitative estimate of drug-likeness (QED) is 0.775. The van der Waals surface area contributed by atoms with Gasteiger partial charge in [0, 0.05) is 12.6 Å². The SMILES string of the molecule is N#Cc1ccc(OCCCN2CCC3CCCCC32)cc1. The lowest BCUT2D eigenvalue weighted by molar-refractivity contribution is 0.170. The predicted octanol–water partition coefficient (Wildman–Crippen LogP) is 3.59. The summed E-state index contributed by atoms with van der Waals surface area (Å²) in [5.74, 6) is 1.84. The maximum atomic E-state index is 8.76. The number of hydrogen-bond donors (Lipinski definition) is 0. The maximum absolute atomic E-state index is 8.76. The van der Waals surface area contributed by atoms with Gasteiger partial charge in [0.05, 0.1) is 18.2 Å². The van der Waals surface area contributed by atoms with Gasteiger partial charge in [-0.3, -0.25) is 4.90 Å². The van der Waals surface area contributed by atoms with Crippen LogP contribution in [0.4, 0.5) is 0 Å². The first kappa shape index (κ1) is 14.4. The molecule has 2 atom stereocenters. The van der Waals surface area contributed by atoms with Crippen LogP contribution >= 0.6 is 0 Å². The molecule has 0 aromatic heterocycles. The van der Waals surface area contributed by atoms with Gasteiger partial charge >= 0.3 is 0 Å². The number of hydrogen-bond acceptors (Lipinski definition) is 3. The van der Waals surface area contributed by atoms with Crippen LogP contribution in [0.15, 0.2) is 24.3 Å². The summed E-state index contributed by atoms with van der Waals surface area (Å²) in [6, 6.07) is 10.4. The molecule has 1 aliphatic carbocycles. The van der Waals surface area contributed by atoms with E-state index in [4.69, 9.17) is 10.00 Å². The van der Waals surface area contributed by atoms with Crippen LogP contribution in [0.1, 0.15) is 44.1 Å². The zero-order valence-corrected chi connectivity index (χ0v) is 12.6. The van der Waals surface area contributed by atoms with E-state index in [0.717, 1.165) is 37.3 Å². The Kier molecular flexibility index (Phi) is 4.77. The Morgan fingerprint density at radius 2 is 1.95 bits per heavy atom. The molecule has 3 rings (SSSR count). The van der Waals surface area contributed by atoms with Crippen LogP contribution in [-0.2, 0) is 0 Å². The Hall–Kier alpha value is -1.53. The summed E-state index contributed by atoms with van der Waals surface area (Å²) in [4.78, 5) is 2.69. The minimum atomic E-state index is 0.683. The van der Waals surface area contributed by atoms with Gasteiger partial charge in [0.2, 0.25) is 0 Å². The maximum Gasteiger partial charge on any atom is 0.119 e. The zero-order chi connectivity index (χ0) is 14.5. The van der Waals surface area contributed by atoms with Crippen molar-refractivity contribution >= 4 is 0 Å². The molecule has 2 fully saturated rings. The average molecular weight is 284 g/mol. The predicted molar refractivity (Wildman–Crippen MR) is 83.2 cm³/mol. The van der Waals surface area contributed by atoms with Crippen LogP contribution < -0.4 is 4.74 Å². The summed E-state index contributed by atoms with van der Waals surface area (Å²) in [5.41, 5.74) is 0.683. The Balaban J connectivity index is 1.39. The molecule has 3 heteroatoms. The van der Waals surface area contributed by atoms with E-state index >= 15 is 0 Å². The minimum Gasteiger partial charge on any atom is -0.494 e. The third kappa shape index (κ3) is 3.57. The van der Waals surface area contributed by atoms with Crippen LogP contribution in [0.5, 0.6) is 5.75 Å². The molecule has 1 heterocycles. The van der Waals surface area contributed by atoms with Crippen molar-refractivity contribution in [1.82, 2.24) is 4.90 Å². The topological polar surface area (TPSA) is 36.3 Å². The molecule has 1 saturated heterocycles. The van der Waals surface area contributed by atoms with Crippen LogP contribution in [0.2, 0.25) is 0 Å². The van der Waals surface area contributed by atoms with E-state index in [1.54, 1.807) is 0 Å². The Morgan fingerprint density at radius 1 is 1.14 bits per heavy atom. The van der Waals surface area contributed by atoms with Gasteiger partial charge in [-0.2, -0.15) is 5.26 Å². The largest absolute Gasteiger partial charge is 0.494 e. The highest BCUT2D eigenvalue weighted by Crippen LogP contribution is 2.35. The van der Waals surface area contributed by atoms with Crippen molar-refractivity contribution in [1.29, 1.82) is 5.26 Å². The van der Waals surface area contributed by atoms with Crippen molar-refractivity contribution < 1.29 is 4.74 Å². The lowest BCUT2D eigenvalue weighted by atomic mass is 9.85. The number of ether oxygens (including phenoxy) is 1. The fraction of sp³-hybridized carbons (Fsp3) is 0.611. The van der Waals surface area contributed by atoms with Gasteiger partial charge in [-0.15, -0.1) is 0 Å². The van der Waals surface area contributed by atoms with Crippen molar-refractivity contribution in [2.45, 2.75) is 44.6 Å². The fourth-order valence-corrected chi connectivity index (χ4v) is 3.86. The van der Waals surface area contributed by atoms with Crippen LogP contribution in [-0.4, -0.2) is 30.6 Å². The molecule has 0 amide bonds. The number of likely N-dealkylation sites (tertiary alicyclic amines) is 1. The van der Waals surface area contributed by atoms with Crippen LogP contribution in [0, 0.1) is 17.2 Å². The van der Waals surface area contributed by atoms with E-state index in [2.05, 4.69) is 11.0 Å². The highest BCUT2D eigenvalue weighted by molar-refractivity contribution is 5.34. The summed E-state index contributed by atoms with van der Waals surface area (Å²) in [6.07, 6.45) is 8.20. The molecule has 1 aromatic carbocycles. The van der Waals surface area contributed by atoms with E-state index in [0.29, 0.717) is 5.56 Å². The summed E-state index contributed by atoms with van der Waals surface area (Å²) < 4.78 is 5.77. The Bertz CT molecular complexity index is 491. The fourth-order valence-electron chi connectivity index (χ4n) is 3.86. The Morgan fingerprint density at radius 3 is 2.76 bits per heavy atom.